The summed E-state index contributed by atoms with van der Waals surface area (Å²) < 4.78 is 5.99. The highest BCUT2D eigenvalue weighted by Gasteiger charge is 2.37. The number of fused-ring (bicyclic) bond motifs is 2. The number of carbonyl (C=O) groups excluding carboxylic acids is 2. The van der Waals surface area contributed by atoms with Crippen LogP contribution in [-0.2, 0) is 9.63 Å². The van der Waals surface area contributed by atoms with Crippen LogP contribution in [0.2, 0.25) is 0 Å². The lowest BCUT2D eigenvalue weighted by atomic mass is 9.94. The summed E-state index contributed by atoms with van der Waals surface area (Å²) in [5.74, 6) is 0.815. The molecule has 1 N–H and O–H groups in total. The Bertz CT molecular complexity index is 823. The van der Waals surface area contributed by atoms with Crippen LogP contribution in [-0.4, -0.2) is 36.2 Å². The monoisotopic (exact) mass is 397 g/mol. The van der Waals surface area contributed by atoms with Crippen LogP contribution in [0, 0.1) is 0 Å². The number of carbonyl (C=O) groups is 2. The number of amides is 2. The fourth-order valence-electron chi connectivity index (χ4n) is 3.26. The third kappa shape index (κ3) is 4.86. The van der Waals surface area contributed by atoms with Gasteiger partial charge in [-0.05, 0) is 18.6 Å². The first-order chi connectivity index (χ1) is 14.0. The minimum absolute atomic E-state index is 0.256. The van der Waals surface area contributed by atoms with Gasteiger partial charge in [-0.25, -0.2) is 14.6 Å². The molecule has 2 aromatic rings. The third-order valence-corrected chi connectivity index (χ3v) is 4.59. The second-order valence-corrected chi connectivity index (χ2v) is 7.14. The zero-order chi connectivity index (χ0) is 20.8. The molecule has 0 fully saturated rings. The molecule has 154 valence electrons. The van der Waals surface area contributed by atoms with Gasteiger partial charge in [-0.3, -0.25) is 5.43 Å². The molecule has 0 saturated carbocycles. The molecule has 0 aromatic heterocycles. The Kier molecular flexibility index (Phi) is 6.72. The van der Waals surface area contributed by atoms with Crippen molar-refractivity contribution in [2.75, 3.05) is 14.1 Å². The van der Waals surface area contributed by atoms with Crippen LogP contribution in [0.3, 0.4) is 0 Å². The lowest BCUT2D eigenvalue weighted by Crippen LogP contribution is -2.48. The molecule has 0 saturated heterocycles. The van der Waals surface area contributed by atoms with Crippen LogP contribution in [0.1, 0.15) is 49.8 Å². The number of rotatable bonds is 6. The van der Waals surface area contributed by atoms with E-state index in [9.17, 15) is 9.59 Å². The molecule has 2 amide bonds. The predicted octanol–water partition coefficient (Wildman–Crippen LogP) is 4.41. The van der Waals surface area contributed by atoms with Gasteiger partial charge in [0.05, 0.1) is 0 Å². The number of ether oxygens (including phenoxy) is 1. The Morgan fingerprint density at radius 2 is 1.59 bits per heavy atom. The van der Waals surface area contributed by atoms with Crippen molar-refractivity contribution in [2.24, 2.45) is 0 Å². The van der Waals surface area contributed by atoms with Crippen LogP contribution in [0.15, 0.2) is 48.5 Å². The minimum atomic E-state index is -0.619. The number of nitrogens with one attached hydrogen (secondary N) is 1. The quantitative estimate of drug-likeness (QED) is 0.578. The summed E-state index contributed by atoms with van der Waals surface area (Å²) in [5.41, 5.74) is 4.18. The zero-order valence-electron chi connectivity index (χ0n) is 17.1. The van der Waals surface area contributed by atoms with Crippen LogP contribution in [0.4, 0.5) is 4.79 Å². The van der Waals surface area contributed by atoms with E-state index in [0.29, 0.717) is 11.5 Å². The van der Waals surface area contributed by atoms with Crippen molar-refractivity contribution in [3.05, 3.63) is 59.7 Å². The second kappa shape index (κ2) is 9.43. The molecular formula is C22H27N3O4. The van der Waals surface area contributed by atoms with Crippen molar-refractivity contribution in [2.45, 2.75) is 38.6 Å². The molecule has 1 aliphatic rings. The summed E-state index contributed by atoms with van der Waals surface area (Å²) >= 11 is 0. The van der Waals surface area contributed by atoms with Crippen molar-refractivity contribution in [3.8, 4) is 11.5 Å². The van der Waals surface area contributed by atoms with Crippen LogP contribution in [0.25, 0.3) is 0 Å². The van der Waals surface area contributed by atoms with Gasteiger partial charge < -0.3 is 9.57 Å². The van der Waals surface area contributed by atoms with Gasteiger partial charge in [0.1, 0.15) is 17.5 Å². The SMILES string of the molecule is CCCCCC(=O)ON(C(=O)NN(C)C)C1c2ccccc2Oc2ccccc21. The highest BCUT2D eigenvalue weighted by Crippen LogP contribution is 2.45. The molecule has 0 spiro atoms. The van der Waals surface area contributed by atoms with Gasteiger partial charge in [0.2, 0.25) is 0 Å². The lowest BCUT2D eigenvalue weighted by Gasteiger charge is -2.35. The Labute approximate surface area is 171 Å². The maximum absolute atomic E-state index is 13.0. The van der Waals surface area contributed by atoms with Gasteiger partial charge in [0, 0.05) is 31.6 Å². The van der Waals surface area contributed by atoms with Crippen LogP contribution >= 0.6 is 0 Å². The first-order valence-electron chi connectivity index (χ1n) is 9.85. The zero-order valence-corrected chi connectivity index (χ0v) is 17.1. The number of hydrogen-bond donors (Lipinski definition) is 1. The van der Waals surface area contributed by atoms with E-state index in [1.807, 2.05) is 48.5 Å². The number of urea groups is 1. The van der Waals surface area contributed by atoms with Crippen molar-refractivity contribution in [1.29, 1.82) is 0 Å². The largest absolute Gasteiger partial charge is 0.457 e. The van der Waals surface area contributed by atoms with Gasteiger partial charge in [-0.2, -0.15) is 0 Å². The molecule has 7 nitrogen and oxygen atoms in total. The third-order valence-electron chi connectivity index (χ3n) is 4.59. The van der Waals surface area contributed by atoms with E-state index in [2.05, 4.69) is 12.3 Å². The molecule has 2 aromatic carbocycles. The van der Waals surface area contributed by atoms with Crippen molar-refractivity contribution in [3.63, 3.8) is 0 Å². The molecule has 7 heteroatoms. The Morgan fingerprint density at radius 1 is 1.00 bits per heavy atom. The minimum Gasteiger partial charge on any atom is -0.457 e. The molecule has 1 heterocycles. The first kappa shape index (κ1) is 20.7. The number of para-hydroxylation sites is 2. The van der Waals surface area contributed by atoms with E-state index in [4.69, 9.17) is 9.57 Å². The highest BCUT2D eigenvalue weighted by molar-refractivity contribution is 5.78. The van der Waals surface area contributed by atoms with Crippen molar-refractivity contribution in [1.82, 2.24) is 15.5 Å². The Morgan fingerprint density at radius 3 is 2.14 bits per heavy atom. The molecule has 0 bridgehead atoms. The van der Waals surface area contributed by atoms with Crippen molar-refractivity contribution < 1.29 is 19.2 Å². The Hall–Kier alpha value is -3.06. The molecule has 0 radical (unpaired) electrons. The number of hydrazine groups is 1. The molecule has 29 heavy (non-hydrogen) atoms. The van der Waals surface area contributed by atoms with Crippen molar-refractivity contribution >= 4 is 12.0 Å². The molecule has 3 rings (SSSR count). The molecular weight excluding hydrogens is 370 g/mol. The summed E-state index contributed by atoms with van der Waals surface area (Å²) in [4.78, 5) is 31.1. The molecule has 1 aliphatic heterocycles. The van der Waals surface area contributed by atoms with Crippen LogP contribution < -0.4 is 10.2 Å². The number of benzene rings is 2. The fraction of sp³-hybridized carbons (Fsp3) is 0.364. The predicted molar refractivity (Wildman–Crippen MR) is 109 cm³/mol. The standard InChI is InChI=1S/C22H27N3O4/c1-4-5-6-15-20(26)29-25(22(27)23-24(2)3)21-16-11-7-9-13-18(16)28-19-14-10-8-12-17(19)21/h7-14,21H,4-6,15H2,1-3H3,(H,23,27). The molecule has 0 aliphatic carbocycles. The summed E-state index contributed by atoms with van der Waals surface area (Å²) in [6.45, 7) is 2.07. The summed E-state index contributed by atoms with van der Waals surface area (Å²) in [5, 5.41) is 2.63. The number of unbranched alkanes of at least 4 members (excludes halogenated alkanes) is 2. The maximum Gasteiger partial charge on any atom is 0.366 e. The fourth-order valence-corrected chi connectivity index (χ4v) is 3.26. The topological polar surface area (TPSA) is 71.1 Å². The van der Waals surface area contributed by atoms with Gasteiger partial charge in [0.25, 0.3) is 0 Å². The van der Waals surface area contributed by atoms with E-state index in [1.54, 1.807) is 14.1 Å². The smallest absolute Gasteiger partial charge is 0.366 e. The lowest BCUT2D eigenvalue weighted by molar-refractivity contribution is -0.184. The molecule has 0 atom stereocenters. The second-order valence-electron chi connectivity index (χ2n) is 7.14. The van der Waals surface area contributed by atoms with Crippen LogP contribution in [0.5, 0.6) is 11.5 Å². The normalized spacial score (nSPS) is 12.6. The van der Waals surface area contributed by atoms with Gasteiger partial charge >= 0.3 is 12.0 Å². The van der Waals surface area contributed by atoms with E-state index in [1.165, 1.54) is 5.01 Å². The van der Waals surface area contributed by atoms with Gasteiger partial charge in [-0.15, -0.1) is 5.06 Å². The van der Waals surface area contributed by atoms with E-state index >= 15 is 0 Å². The highest BCUT2D eigenvalue weighted by atomic mass is 16.7. The number of hydroxylamine groups is 2. The van der Waals surface area contributed by atoms with E-state index in [-0.39, 0.29) is 6.42 Å². The molecule has 0 unspecified atom stereocenters. The first-order valence-corrected chi connectivity index (χ1v) is 9.85. The van der Waals surface area contributed by atoms with Gasteiger partial charge in [-0.1, -0.05) is 56.2 Å². The van der Waals surface area contributed by atoms with E-state index in [0.717, 1.165) is 35.5 Å². The summed E-state index contributed by atoms with van der Waals surface area (Å²) in [7, 11) is 3.40. The average molecular weight is 397 g/mol. The maximum atomic E-state index is 13.0. The number of nitrogens with zero attached hydrogens (tertiary/aromatic N) is 2. The van der Waals surface area contributed by atoms with E-state index < -0.39 is 18.0 Å². The average Bonchev–Trinajstić information content (AvgIpc) is 2.70. The number of hydrogen-bond acceptors (Lipinski definition) is 5. The van der Waals surface area contributed by atoms with Gasteiger partial charge in [0.15, 0.2) is 0 Å². The summed E-state index contributed by atoms with van der Waals surface area (Å²) in [6.07, 6.45) is 2.91. The summed E-state index contributed by atoms with van der Waals surface area (Å²) in [6, 6.07) is 13.7. The Balaban J connectivity index is 1.98.